The first-order valence-corrected chi connectivity index (χ1v) is 22.8. The van der Waals surface area contributed by atoms with E-state index in [1.165, 1.54) is 44.9 Å². The van der Waals surface area contributed by atoms with Gasteiger partial charge in [-0.3, -0.25) is 14.1 Å². The number of ether oxygens (including phenoxy) is 2. The molecule has 0 aliphatic carbocycles. The monoisotopic (exact) mass is 777 g/mol. The fraction of sp³-hybridized carbons (Fsp3) is 0.689. The smallest absolute Gasteiger partial charge is 0.462 e. The van der Waals surface area contributed by atoms with E-state index in [0.717, 1.165) is 96.3 Å². The molecule has 2 N–H and O–H groups in total. The summed E-state index contributed by atoms with van der Waals surface area (Å²) in [6, 6.07) is 0. The maximum absolute atomic E-state index is 12.4. The zero-order valence-corrected chi connectivity index (χ0v) is 35.0. The Morgan fingerprint density at radius 1 is 0.500 bits per heavy atom. The number of phosphoric ester groups is 1. The van der Waals surface area contributed by atoms with Crippen molar-refractivity contribution >= 4 is 19.8 Å². The van der Waals surface area contributed by atoms with E-state index in [1.54, 1.807) is 0 Å². The molecule has 9 heteroatoms. The third kappa shape index (κ3) is 42.2. The van der Waals surface area contributed by atoms with Crippen LogP contribution in [0.5, 0.6) is 0 Å². The van der Waals surface area contributed by atoms with Crippen molar-refractivity contribution in [2.45, 2.75) is 187 Å². The minimum absolute atomic E-state index is 0.190. The molecule has 0 aliphatic heterocycles. The SMILES string of the molecule is CC/C=C\C/C=C\C/C=C\C/C=C\CCCCCCCCC(=O)OC(COC(=O)CCCCCCCCC/C=C\C/C=C\CCCCC)COP(=O)(O)O. The van der Waals surface area contributed by atoms with Crippen LogP contribution in [-0.4, -0.2) is 41.0 Å². The van der Waals surface area contributed by atoms with Crippen LogP contribution in [0.1, 0.15) is 181 Å². The highest BCUT2D eigenvalue weighted by molar-refractivity contribution is 7.46. The molecule has 310 valence electrons. The highest BCUT2D eigenvalue weighted by Gasteiger charge is 2.22. The van der Waals surface area contributed by atoms with Crippen LogP contribution in [0.25, 0.3) is 0 Å². The molecule has 54 heavy (non-hydrogen) atoms. The summed E-state index contributed by atoms with van der Waals surface area (Å²) in [5, 5.41) is 0. The number of rotatable bonds is 38. The maximum Gasteiger partial charge on any atom is 0.469 e. The van der Waals surface area contributed by atoms with Crippen LogP contribution in [0.4, 0.5) is 0 Å². The molecule has 0 fully saturated rings. The van der Waals surface area contributed by atoms with E-state index in [0.29, 0.717) is 12.8 Å². The van der Waals surface area contributed by atoms with Gasteiger partial charge in [0, 0.05) is 12.8 Å². The summed E-state index contributed by atoms with van der Waals surface area (Å²) in [6.07, 6.45) is 51.8. The second-order valence-corrected chi connectivity index (χ2v) is 15.2. The van der Waals surface area contributed by atoms with Crippen molar-refractivity contribution in [3.8, 4) is 0 Å². The van der Waals surface area contributed by atoms with Crippen LogP contribution in [0.2, 0.25) is 0 Å². The lowest BCUT2D eigenvalue weighted by Gasteiger charge is -2.18. The topological polar surface area (TPSA) is 119 Å². The normalized spacial score (nSPS) is 13.2. The van der Waals surface area contributed by atoms with Gasteiger partial charge in [0.25, 0.3) is 0 Å². The Labute approximate surface area is 329 Å². The van der Waals surface area contributed by atoms with Crippen LogP contribution in [0, 0.1) is 0 Å². The summed E-state index contributed by atoms with van der Waals surface area (Å²) < 4.78 is 26.4. The fourth-order valence-corrected chi connectivity index (χ4v) is 5.93. The van der Waals surface area contributed by atoms with Crippen molar-refractivity contribution < 1.29 is 37.9 Å². The van der Waals surface area contributed by atoms with Gasteiger partial charge < -0.3 is 19.3 Å². The van der Waals surface area contributed by atoms with Gasteiger partial charge in [-0.05, 0) is 83.5 Å². The standard InChI is InChI=1S/C45H77O8P/c1-3-5-7-9-11-13-15-17-19-21-22-24-26-28-30-32-34-36-38-40-45(47)53-43(42-52-54(48,49)50)41-51-44(46)39-37-35-33-31-29-27-25-23-20-18-16-14-12-10-8-6-4-2/h5,7,11-14,17-20,22,24,43H,3-4,6,8-10,15-16,21,23,25-42H2,1-2H3,(H2,48,49,50)/b7-5-,13-11-,14-12-,19-17-,20-18-,24-22-. The predicted molar refractivity (Wildman–Crippen MR) is 225 cm³/mol. The molecule has 0 aromatic rings. The number of unbranched alkanes of at least 4 members (excludes halogenated alkanes) is 16. The fourth-order valence-electron chi connectivity index (χ4n) is 5.57. The zero-order valence-electron chi connectivity index (χ0n) is 34.1. The predicted octanol–water partition coefficient (Wildman–Crippen LogP) is 13.1. The molecular weight excluding hydrogens is 699 g/mol. The maximum atomic E-state index is 12.4. The van der Waals surface area contributed by atoms with E-state index in [2.05, 4.69) is 91.3 Å². The van der Waals surface area contributed by atoms with Crippen molar-refractivity contribution in [2.75, 3.05) is 13.2 Å². The average molecular weight is 777 g/mol. The number of esters is 2. The van der Waals surface area contributed by atoms with Crippen molar-refractivity contribution in [2.24, 2.45) is 0 Å². The van der Waals surface area contributed by atoms with Crippen LogP contribution in [-0.2, 0) is 28.2 Å². The lowest BCUT2D eigenvalue weighted by Crippen LogP contribution is -2.29. The van der Waals surface area contributed by atoms with Gasteiger partial charge in [-0.15, -0.1) is 0 Å². The highest BCUT2D eigenvalue weighted by Crippen LogP contribution is 2.36. The average Bonchev–Trinajstić information content (AvgIpc) is 3.14. The van der Waals surface area contributed by atoms with Gasteiger partial charge in [-0.1, -0.05) is 157 Å². The molecule has 0 spiro atoms. The van der Waals surface area contributed by atoms with Gasteiger partial charge in [0.2, 0.25) is 0 Å². The first-order valence-electron chi connectivity index (χ1n) is 21.2. The molecule has 0 radical (unpaired) electrons. The molecule has 0 aromatic carbocycles. The van der Waals surface area contributed by atoms with Crippen molar-refractivity contribution in [3.05, 3.63) is 72.9 Å². The number of carbonyl (C=O) groups excluding carboxylic acids is 2. The van der Waals surface area contributed by atoms with E-state index in [4.69, 9.17) is 19.3 Å². The molecule has 0 aromatic heterocycles. The lowest BCUT2D eigenvalue weighted by atomic mass is 10.1. The Hall–Kier alpha value is -2.51. The quantitative estimate of drug-likeness (QED) is 0.0275. The Bertz CT molecular complexity index is 1100. The minimum atomic E-state index is -4.76. The number of phosphoric acid groups is 1. The summed E-state index contributed by atoms with van der Waals surface area (Å²) in [7, 11) is -4.76. The molecule has 1 atom stereocenters. The molecule has 0 rings (SSSR count). The summed E-state index contributed by atoms with van der Waals surface area (Å²) in [5.41, 5.74) is 0. The Balaban J connectivity index is 3.97. The molecule has 0 heterocycles. The summed E-state index contributed by atoms with van der Waals surface area (Å²) in [4.78, 5) is 42.9. The molecule has 0 bridgehead atoms. The Kier molecular flexibility index (Phi) is 38.3. The van der Waals surface area contributed by atoms with Gasteiger partial charge in [-0.25, -0.2) is 4.57 Å². The van der Waals surface area contributed by atoms with E-state index in [-0.39, 0.29) is 19.4 Å². The Morgan fingerprint density at radius 2 is 0.889 bits per heavy atom. The second-order valence-electron chi connectivity index (χ2n) is 13.9. The molecule has 0 saturated heterocycles. The lowest BCUT2D eigenvalue weighted by molar-refractivity contribution is -0.161. The molecule has 0 saturated carbocycles. The van der Waals surface area contributed by atoms with Gasteiger partial charge >= 0.3 is 19.8 Å². The molecule has 0 amide bonds. The highest BCUT2D eigenvalue weighted by atomic mass is 31.2. The first kappa shape index (κ1) is 51.5. The van der Waals surface area contributed by atoms with E-state index >= 15 is 0 Å². The van der Waals surface area contributed by atoms with Crippen LogP contribution in [0.15, 0.2) is 72.9 Å². The van der Waals surface area contributed by atoms with Crippen molar-refractivity contribution in [1.82, 2.24) is 0 Å². The molecule has 0 aliphatic rings. The number of hydrogen-bond donors (Lipinski definition) is 2. The van der Waals surface area contributed by atoms with E-state index in [1.807, 2.05) is 0 Å². The minimum Gasteiger partial charge on any atom is -0.462 e. The van der Waals surface area contributed by atoms with Crippen molar-refractivity contribution in [3.63, 3.8) is 0 Å². The van der Waals surface area contributed by atoms with Crippen LogP contribution >= 0.6 is 7.82 Å². The van der Waals surface area contributed by atoms with Crippen molar-refractivity contribution in [1.29, 1.82) is 0 Å². The van der Waals surface area contributed by atoms with Gasteiger partial charge in [0.1, 0.15) is 6.61 Å². The third-order valence-corrected chi connectivity index (χ3v) is 9.19. The first-order chi connectivity index (χ1) is 26.3. The molecule has 8 nitrogen and oxygen atoms in total. The van der Waals surface area contributed by atoms with E-state index in [9.17, 15) is 14.2 Å². The second kappa shape index (κ2) is 40.2. The summed E-state index contributed by atoms with van der Waals surface area (Å²) in [6.45, 7) is 3.53. The molecule has 1 unspecified atom stereocenters. The van der Waals surface area contributed by atoms with Gasteiger partial charge in [0.15, 0.2) is 6.10 Å². The number of allylic oxidation sites excluding steroid dienone is 12. The summed E-state index contributed by atoms with van der Waals surface area (Å²) in [5.74, 6) is -0.914. The van der Waals surface area contributed by atoms with Crippen LogP contribution in [0.3, 0.4) is 0 Å². The number of hydrogen-bond acceptors (Lipinski definition) is 6. The third-order valence-electron chi connectivity index (χ3n) is 8.71. The summed E-state index contributed by atoms with van der Waals surface area (Å²) >= 11 is 0. The van der Waals surface area contributed by atoms with E-state index < -0.39 is 32.5 Å². The zero-order chi connectivity index (χ0) is 39.6. The number of carbonyl (C=O) groups is 2. The largest absolute Gasteiger partial charge is 0.469 e. The van der Waals surface area contributed by atoms with Gasteiger partial charge in [-0.2, -0.15) is 0 Å². The van der Waals surface area contributed by atoms with Crippen LogP contribution < -0.4 is 0 Å². The van der Waals surface area contributed by atoms with Gasteiger partial charge in [0.05, 0.1) is 6.61 Å². The molecular formula is C45H77O8P. The Morgan fingerprint density at radius 3 is 1.33 bits per heavy atom.